The van der Waals surface area contributed by atoms with Gasteiger partial charge in [-0.05, 0) is 18.2 Å². The second-order valence-electron chi connectivity index (χ2n) is 2.60. The lowest BCUT2D eigenvalue weighted by molar-refractivity contribution is 0.479. The third kappa shape index (κ3) is 1.31. The number of pyridine rings is 1. The number of fused-ring (bicyclic) bond motifs is 1. The molecule has 2 nitrogen and oxygen atoms in total. The van der Waals surface area contributed by atoms with Crippen molar-refractivity contribution in [1.29, 1.82) is 0 Å². The van der Waals surface area contributed by atoms with Gasteiger partial charge in [-0.2, -0.15) is 4.39 Å². The highest BCUT2D eigenvalue weighted by Crippen LogP contribution is 2.30. The quantitative estimate of drug-likeness (QED) is 0.659. The van der Waals surface area contributed by atoms with Crippen LogP contribution in [0.15, 0.2) is 24.3 Å². The van der Waals surface area contributed by atoms with Gasteiger partial charge in [0.1, 0.15) is 5.52 Å². The fourth-order valence-corrected chi connectivity index (χ4v) is 1.28. The van der Waals surface area contributed by atoms with Crippen LogP contribution in [0.4, 0.5) is 4.39 Å². The molecule has 0 aliphatic carbocycles. The zero-order valence-electron chi connectivity index (χ0n) is 6.46. The molecule has 0 fully saturated rings. The molecular formula is C9H5ClFNO. The van der Waals surface area contributed by atoms with Crippen LogP contribution in [-0.4, -0.2) is 10.1 Å². The topological polar surface area (TPSA) is 33.1 Å². The molecule has 1 aromatic heterocycles. The maximum absolute atomic E-state index is 12.7. The number of rotatable bonds is 0. The molecule has 2 aromatic rings. The molecule has 0 saturated heterocycles. The van der Waals surface area contributed by atoms with Crippen molar-refractivity contribution in [2.75, 3.05) is 0 Å². The molecule has 66 valence electrons. The van der Waals surface area contributed by atoms with Gasteiger partial charge in [-0.15, -0.1) is 0 Å². The number of nitrogens with zero attached hydrogens (tertiary/aromatic N) is 1. The van der Waals surface area contributed by atoms with E-state index < -0.39 is 5.95 Å². The molecule has 0 saturated carbocycles. The van der Waals surface area contributed by atoms with Crippen molar-refractivity contribution in [1.82, 2.24) is 4.98 Å². The fourth-order valence-electron chi connectivity index (χ4n) is 1.13. The molecule has 0 spiro atoms. The van der Waals surface area contributed by atoms with Crippen LogP contribution in [0.25, 0.3) is 10.9 Å². The van der Waals surface area contributed by atoms with E-state index in [9.17, 15) is 9.50 Å². The number of aromatic nitrogens is 1. The summed E-state index contributed by atoms with van der Waals surface area (Å²) in [6.45, 7) is 0. The van der Waals surface area contributed by atoms with Crippen LogP contribution < -0.4 is 0 Å². The Kier molecular flexibility index (Phi) is 1.81. The minimum atomic E-state index is -0.634. The number of phenolic OH excluding ortho intramolecular Hbond substituents is 1. The Labute approximate surface area is 78.6 Å². The smallest absolute Gasteiger partial charge is 0.213 e. The van der Waals surface area contributed by atoms with Crippen LogP contribution in [0.1, 0.15) is 0 Å². The molecule has 2 rings (SSSR count). The van der Waals surface area contributed by atoms with Gasteiger partial charge < -0.3 is 5.11 Å². The normalized spacial score (nSPS) is 10.6. The molecule has 1 heterocycles. The maximum Gasteiger partial charge on any atom is 0.213 e. The van der Waals surface area contributed by atoms with E-state index in [2.05, 4.69) is 4.98 Å². The third-order valence-electron chi connectivity index (χ3n) is 1.75. The van der Waals surface area contributed by atoms with E-state index in [1.165, 1.54) is 12.1 Å². The van der Waals surface area contributed by atoms with E-state index >= 15 is 0 Å². The Bertz CT molecular complexity index is 467. The highest BCUT2D eigenvalue weighted by atomic mass is 35.5. The van der Waals surface area contributed by atoms with Gasteiger partial charge in [-0.3, -0.25) is 0 Å². The van der Waals surface area contributed by atoms with Crippen LogP contribution in [-0.2, 0) is 0 Å². The van der Waals surface area contributed by atoms with Crippen LogP contribution in [0, 0.1) is 5.95 Å². The molecule has 0 aliphatic heterocycles. The highest BCUT2D eigenvalue weighted by Gasteiger charge is 2.06. The predicted molar refractivity (Wildman–Crippen MR) is 48.4 cm³/mol. The second-order valence-corrected chi connectivity index (χ2v) is 3.01. The van der Waals surface area contributed by atoms with E-state index in [1.807, 2.05) is 0 Å². The molecule has 0 radical (unpaired) electrons. The third-order valence-corrected chi connectivity index (χ3v) is 2.06. The highest BCUT2D eigenvalue weighted by molar-refractivity contribution is 6.33. The van der Waals surface area contributed by atoms with Gasteiger partial charge in [0.2, 0.25) is 5.95 Å². The van der Waals surface area contributed by atoms with Crippen molar-refractivity contribution in [2.24, 2.45) is 0 Å². The first-order valence-electron chi connectivity index (χ1n) is 3.62. The minimum absolute atomic E-state index is 0.172. The summed E-state index contributed by atoms with van der Waals surface area (Å²) >= 11 is 5.63. The fraction of sp³-hybridized carbons (Fsp3) is 0. The summed E-state index contributed by atoms with van der Waals surface area (Å²) < 4.78 is 12.7. The van der Waals surface area contributed by atoms with Crippen molar-refractivity contribution < 1.29 is 9.50 Å². The molecular weight excluding hydrogens is 193 g/mol. The van der Waals surface area contributed by atoms with E-state index in [0.29, 0.717) is 5.39 Å². The molecule has 0 unspecified atom stereocenters. The van der Waals surface area contributed by atoms with E-state index in [-0.39, 0.29) is 16.3 Å². The molecule has 1 aromatic carbocycles. The summed E-state index contributed by atoms with van der Waals surface area (Å²) in [5.41, 5.74) is 0.188. The molecule has 0 amide bonds. The molecule has 0 atom stereocenters. The number of aromatic hydroxyl groups is 1. The Morgan fingerprint density at radius 1 is 1.23 bits per heavy atom. The summed E-state index contributed by atoms with van der Waals surface area (Å²) in [4.78, 5) is 3.53. The summed E-state index contributed by atoms with van der Waals surface area (Å²) in [5.74, 6) is -0.816. The van der Waals surface area contributed by atoms with Crippen molar-refractivity contribution in [3.8, 4) is 5.75 Å². The predicted octanol–water partition coefficient (Wildman–Crippen LogP) is 2.73. The van der Waals surface area contributed by atoms with Crippen LogP contribution in [0.5, 0.6) is 5.75 Å². The summed E-state index contributed by atoms with van der Waals surface area (Å²) in [7, 11) is 0. The number of halogens is 2. The number of hydrogen-bond donors (Lipinski definition) is 1. The lowest BCUT2D eigenvalue weighted by Crippen LogP contribution is -1.84. The van der Waals surface area contributed by atoms with Gasteiger partial charge >= 0.3 is 0 Å². The maximum atomic E-state index is 12.7. The molecule has 0 bridgehead atoms. The SMILES string of the molecule is Oc1c(Cl)ccc2ccc(F)nc12. The summed E-state index contributed by atoms with van der Waals surface area (Å²) in [6.07, 6.45) is 0. The second kappa shape index (κ2) is 2.85. The van der Waals surface area contributed by atoms with Crippen LogP contribution >= 0.6 is 11.6 Å². The Morgan fingerprint density at radius 2 is 1.92 bits per heavy atom. The Morgan fingerprint density at radius 3 is 2.69 bits per heavy atom. The van der Waals surface area contributed by atoms with Gasteiger partial charge in [0.25, 0.3) is 0 Å². The van der Waals surface area contributed by atoms with Crippen molar-refractivity contribution in [3.63, 3.8) is 0 Å². The van der Waals surface area contributed by atoms with Gasteiger partial charge in [-0.25, -0.2) is 4.98 Å². The van der Waals surface area contributed by atoms with Crippen molar-refractivity contribution >= 4 is 22.5 Å². The zero-order valence-corrected chi connectivity index (χ0v) is 7.22. The van der Waals surface area contributed by atoms with E-state index in [4.69, 9.17) is 11.6 Å². The van der Waals surface area contributed by atoms with Gasteiger partial charge in [0.05, 0.1) is 5.02 Å². The zero-order chi connectivity index (χ0) is 9.42. The molecule has 4 heteroatoms. The monoisotopic (exact) mass is 197 g/mol. The van der Waals surface area contributed by atoms with Crippen molar-refractivity contribution in [2.45, 2.75) is 0 Å². The lowest BCUT2D eigenvalue weighted by Gasteiger charge is -2.01. The standard InChI is InChI=1S/C9H5ClFNO/c10-6-3-1-5-2-4-7(11)12-8(5)9(6)13/h1-4,13H. The lowest BCUT2D eigenvalue weighted by atomic mass is 10.2. The summed E-state index contributed by atoms with van der Waals surface area (Å²) in [5, 5.41) is 10.2. The first-order valence-corrected chi connectivity index (χ1v) is 4.00. The first-order chi connectivity index (χ1) is 6.18. The van der Waals surface area contributed by atoms with Crippen LogP contribution in [0.2, 0.25) is 5.02 Å². The number of phenols is 1. The van der Waals surface area contributed by atoms with Gasteiger partial charge in [-0.1, -0.05) is 17.7 Å². The van der Waals surface area contributed by atoms with Gasteiger partial charge in [0.15, 0.2) is 5.75 Å². The average molecular weight is 198 g/mol. The van der Waals surface area contributed by atoms with Crippen molar-refractivity contribution in [3.05, 3.63) is 35.2 Å². The Hall–Kier alpha value is -1.35. The largest absolute Gasteiger partial charge is 0.504 e. The average Bonchev–Trinajstić information content (AvgIpc) is 2.12. The number of benzene rings is 1. The number of hydrogen-bond acceptors (Lipinski definition) is 2. The summed E-state index contributed by atoms with van der Waals surface area (Å²) in [6, 6.07) is 5.98. The molecule has 13 heavy (non-hydrogen) atoms. The Balaban J connectivity index is 2.89. The molecule has 1 N–H and O–H groups in total. The minimum Gasteiger partial charge on any atom is -0.504 e. The molecule has 0 aliphatic rings. The van der Waals surface area contributed by atoms with E-state index in [0.717, 1.165) is 0 Å². The van der Waals surface area contributed by atoms with Gasteiger partial charge in [0, 0.05) is 5.39 Å². The first kappa shape index (κ1) is 8.26. The van der Waals surface area contributed by atoms with E-state index in [1.54, 1.807) is 12.1 Å². The van der Waals surface area contributed by atoms with Crippen LogP contribution in [0.3, 0.4) is 0 Å².